The van der Waals surface area contributed by atoms with E-state index in [9.17, 15) is 27.9 Å². The molecule has 2 unspecified atom stereocenters. The number of carbonyl (C=O) groups is 2. The fourth-order valence-corrected chi connectivity index (χ4v) is 1.85. The van der Waals surface area contributed by atoms with Gasteiger partial charge in [0, 0.05) is 0 Å². The van der Waals surface area contributed by atoms with E-state index in [1.54, 1.807) is 0 Å². The van der Waals surface area contributed by atoms with Crippen molar-refractivity contribution < 1.29 is 27.9 Å². The van der Waals surface area contributed by atoms with Crippen molar-refractivity contribution >= 4 is 11.9 Å². The highest BCUT2D eigenvalue weighted by molar-refractivity contribution is 6.04. The van der Waals surface area contributed by atoms with Crippen LogP contribution in [0.5, 0.6) is 0 Å². The summed E-state index contributed by atoms with van der Waals surface area (Å²) in [6.45, 7) is 0. The second-order valence-electron chi connectivity index (χ2n) is 3.97. The number of aliphatic hydroxyl groups is 1. The standard InChI is InChI=1S/C11H9F3N2O3/c12-11(13,14)6-4-2-1-3-5(6)8(17)7-9(18)16-10(19)15-7/h1-4,7-8,17H,(H2,15,16,18,19). The van der Waals surface area contributed by atoms with E-state index in [1.165, 1.54) is 12.1 Å². The number of hydrogen-bond donors (Lipinski definition) is 3. The molecule has 1 saturated heterocycles. The van der Waals surface area contributed by atoms with Gasteiger partial charge in [-0.2, -0.15) is 13.2 Å². The molecule has 19 heavy (non-hydrogen) atoms. The first-order chi connectivity index (χ1) is 8.80. The first kappa shape index (κ1) is 13.3. The molecule has 1 aliphatic rings. The molecule has 1 aliphatic heterocycles. The highest BCUT2D eigenvalue weighted by Gasteiger charge is 2.41. The van der Waals surface area contributed by atoms with Crippen molar-refractivity contribution in [1.29, 1.82) is 0 Å². The molecular formula is C11H9F3N2O3. The van der Waals surface area contributed by atoms with Crippen molar-refractivity contribution in [2.45, 2.75) is 18.3 Å². The van der Waals surface area contributed by atoms with Crippen LogP contribution in [-0.4, -0.2) is 23.1 Å². The number of urea groups is 1. The molecule has 0 spiro atoms. The van der Waals surface area contributed by atoms with E-state index in [4.69, 9.17) is 0 Å². The summed E-state index contributed by atoms with van der Waals surface area (Å²) in [4.78, 5) is 22.2. The smallest absolute Gasteiger partial charge is 0.386 e. The fourth-order valence-electron chi connectivity index (χ4n) is 1.85. The van der Waals surface area contributed by atoms with Crippen molar-refractivity contribution in [2.75, 3.05) is 0 Å². The van der Waals surface area contributed by atoms with E-state index in [1.807, 2.05) is 5.32 Å². The number of aliphatic hydroxyl groups excluding tert-OH is 1. The minimum atomic E-state index is -4.66. The number of nitrogens with one attached hydrogen (secondary N) is 2. The number of rotatable bonds is 2. The van der Waals surface area contributed by atoms with Crippen LogP contribution in [-0.2, 0) is 11.0 Å². The summed E-state index contributed by atoms with van der Waals surface area (Å²) in [7, 11) is 0. The molecule has 1 aromatic carbocycles. The third-order valence-electron chi connectivity index (χ3n) is 2.71. The number of amides is 3. The SMILES string of the molecule is O=C1NC(=O)C(C(O)c2ccccc2C(F)(F)F)N1. The van der Waals surface area contributed by atoms with Crippen molar-refractivity contribution in [3.63, 3.8) is 0 Å². The number of halogens is 3. The van der Waals surface area contributed by atoms with Gasteiger partial charge in [0.25, 0.3) is 5.91 Å². The molecule has 0 saturated carbocycles. The third kappa shape index (κ3) is 2.53. The molecule has 102 valence electrons. The van der Waals surface area contributed by atoms with E-state index >= 15 is 0 Å². The lowest BCUT2D eigenvalue weighted by molar-refractivity contribution is -0.140. The maximum absolute atomic E-state index is 12.8. The summed E-state index contributed by atoms with van der Waals surface area (Å²) in [5, 5.41) is 13.8. The Morgan fingerprint density at radius 2 is 1.84 bits per heavy atom. The Kier molecular flexibility index (Phi) is 3.19. The highest BCUT2D eigenvalue weighted by Crippen LogP contribution is 2.35. The van der Waals surface area contributed by atoms with Gasteiger partial charge >= 0.3 is 12.2 Å². The Morgan fingerprint density at radius 3 is 2.37 bits per heavy atom. The first-order valence-electron chi connectivity index (χ1n) is 5.26. The van der Waals surface area contributed by atoms with Gasteiger partial charge in [0.1, 0.15) is 12.1 Å². The largest absolute Gasteiger partial charge is 0.416 e. The lowest BCUT2D eigenvalue weighted by Crippen LogP contribution is -2.36. The Morgan fingerprint density at radius 1 is 1.21 bits per heavy atom. The number of carbonyl (C=O) groups excluding carboxylic acids is 2. The predicted molar refractivity (Wildman–Crippen MR) is 56.9 cm³/mol. The van der Waals surface area contributed by atoms with Gasteiger partial charge in [0.15, 0.2) is 0 Å². The van der Waals surface area contributed by atoms with Gasteiger partial charge in [-0.1, -0.05) is 18.2 Å². The topological polar surface area (TPSA) is 78.4 Å². The fraction of sp³-hybridized carbons (Fsp3) is 0.273. The second kappa shape index (κ2) is 4.54. The van der Waals surface area contributed by atoms with Gasteiger partial charge in [0.05, 0.1) is 5.56 Å². The maximum Gasteiger partial charge on any atom is 0.416 e. The molecule has 1 fully saturated rings. The summed E-state index contributed by atoms with van der Waals surface area (Å²) < 4.78 is 38.3. The summed E-state index contributed by atoms with van der Waals surface area (Å²) in [5.74, 6) is -0.866. The lowest BCUT2D eigenvalue weighted by atomic mass is 9.97. The zero-order valence-corrected chi connectivity index (χ0v) is 9.36. The summed E-state index contributed by atoms with van der Waals surface area (Å²) in [6, 6.07) is 2.06. The number of hydrogen-bond acceptors (Lipinski definition) is 3. The van der Waals surface area contributed by atoms with E-state index in [0.29, 0.717) is 0 Å². The quantitative estimate of drug-likeness (QED) is 0.702. The molecule has 2 rings (SSSR count). The van der Waals surface area contributed by atoms with Crippen LogP contribution in [0.15, 0.2) is 24.3 Å². The zero-order chi connectivity index (χ0) is 14.2. The van der Waals surface area contributed by atoms with Gasteiger partial charge in [-0.3, -0.25) is 10.1 Å². The molecule has 3 amide bonds. The minimum absolute atomic E-state index is 0.461. The molecule has 5 nitrogen and oxygen atoms in total. The molecule has 8 heteroatoms. The normalized spacial score (nSPS) is 20.9. The zero-order valence-electron chi connectivity index (χ0n) is 9.36. The Bertz CT molecular complexity index is 530. The maximum atomic E-state index is 12.8. The van der Waals surface area contributed by atoms with Crippen LogP contribution >= 0.6 is 0 Å². The minimum Gasteiger partial charge on any atom is -0.386 e. The average Bonchev–Trinajstić information content (AvgIpc) is 2.66. The van der Waals surface area contributed by atoms with Gasteiger partial charge in [-0.05, 0) is 11.6 Å². The van der Waals surface area contributed by atoms with E-state index in [2.05, 4.69) is 5.32 Å². The molecular weight excluding hydrogens is 265 g/mol. The monoisotopic (exact) mass is 274 g/mol. The molecule has 2 atom stereocenters. The van der Waals surface area contributed by atoms with Crippen molar-refractivity contribution in [3.05, 3.63) is 35.4 Å². The molecule has 3 N–H and O–H groups in total. The number of benzene rings is 1. The van der Waals surface area contributed by atoms with Crippen LogP contribution in [0.2, 0.25) is 0 Å². The molecule has 0 aliphatic carbocycles. The molecule has 0 bridgehead atoms. The molecule has 0 radical (unpaired) electrons. The van der Waals surface area contributed by atoms with Crippen LogP contribution in [0.4, 0.5) is 18.0 Å². The highest BCUT2D eigenvalue weighted by atomic mass is 19.4. The van der Waals surface area contributed by atoms with Crippen molar-refractivity contribution in [1.82, 2.24) is 10.6 Å². The van der Waals surface area contributed by atoms with Crippen LogP contribution in [0.3, 0.4) is 0 Å². The Balaban J connectivity index is 2.37. The predicted octanol–water partition coefficient (Wildman–Crippen LogP) is 0.947. The van der Waals surface area contributed by atoms with Gasteiger partial charge in [-0.15, -0.1) is 0 Å². The second-order valence-corrected chi connectivity index (χ2v) is 3.97. The molecule has 0 aromatic heterocycles. The van der Waals surface area contributed by atoms with Gasteiger partial charge in [0.2, 0.25) is 0 Å². The van der Waals surface area contributed by atoms with Crippen LogP contribution in [0.1, 0.15) is 17.2 Å². The Labute approximate surface area is 105 Å². The van der Waals surface area contributed by atoms with Gasteiger partial charge in [-0.25, -0.2) is 4.79 Å². The van der Waals surface area contributed by atoms with E-state index in [-0.39, 0.29) is 0 Å². The van der Waals surface area contributed by atoms with Crippen LogP contribution in [0, 0.1) is 0 Å². The Hall–Kier alpha value is -2.09. The average molecular weight is 274 g/mol. The van der Waals surface area contributed by atoms with E-state index < -0.39 is 41.4 Å². The lowest BCUT2D eigenvalue weighted by Gasteiger charge is -2.20. The van der Waals surface area contributed by atoms with Gasteiger partial charge < -0.3 is 10.4 Å². The third-order valence-corrected chi connectivity index (χ3v) is 2.71. The molecule has 1 aromatic rings. The van der Waals surface area contributed by atoms with Crippen LogP contribution in [0.25, 0.3) is 0 Å². The summed E-state index contributed by atoms with van der Waals surface area (Å²) in [6.07, 6.45) is -6.43. The molecule has 1 heterocycles. The number of imide groups is 1. The number of alkyl halides is 3. The van der Waals surface area contributed by atoms with Crippen molar-refractivity contribution in [3.8, 4) is 0 Å². The first-order valence-corrected chi connectivity index (χ1v) is 5.26. The summed E-state index contributed by atoms with van der Waals surface area (Å²) >= 11 is 0. The van der Waals surface area contributed by atoms with Crippen molar-refractivity contribution in [2.24, 2.45) is 0 Å². The van der Waals surface area contributed by atoms with Crippen LogP contribution < -0.4 is 10.6 Å². The summed E-state index contributed by atoms with van der Waals surface area (Å²) in [5.41, 5.74) is -1.51. The van der Waals surface area contributed by atoms with E-state index in [0.717, 1.165) is 12.1 Å².